The second-order valence-corrected chi connectivity index (χ2v) is 8.28. The number of hydrogen-bond acceptors (Lipinski definition) is 4. The van der Waals surface area contributed by atoms with Crippen molar-refractivity contribution >= 4 is 27.3 Å². The van der Waals surface area contributed by atoms with Gasteiger partial charge in [-0.15, -0.1) is 0 Å². The van der Waals surface area contributed by atoms with Crippen molar-refractivity contribution in [3.8, 4) is 6.07 Å². The quantitative estimate of drug-likeness (QED) is 0.866. The Morgan fingerprint density at radius 2 is 1.80 bits per heavy atom. The summed E-state index contributed by atoms with van der Waals surface area (Å²) in [6, 6.07) is 14.0. The molecule has 5 nitrogen and oxygen atoms in total. The fourth-order valence-electron chi connectivity index (χ4n) is 2.82. The molecular weight excluding hydrogens is 358 g/mol. The Labute approximate surface area is 152 Å². The van der Waals surface area contributed by atoms with E-state index in [-0.39, 0.29) is 0 Å². The summed E-state index contributed by atoms with van der Waals surface area (Å²) in [7, 11) is -3.38. The molecule has 3 rings (SSSR count). The second kappa shape index (κ2) is 7.44. The van der Waals surface area contributed by atoms with Crippen LogP contribution in [0.3, 0.4) is 0 Å². The van der Waals surface area contributed by atoms with E-state index in [1.807, 2.05) is 0 Å². The molecule has 1 fully saturated rings. The number of hydrogen-bond donors (Lipinski definition) is 1. The first-order valence-corrected chi connectivity index (χ1v) is 9.85. The van der Waals surface area contributed by atoms with E-state index >= 15 is 0 Å². The summed E-state index contributed by atoms with van der Waals surface area (Å²) < 4.78 is 26.5. The number of halogens is 1. The predicted molar refractivity (Wildman–Crippen MR) is 97.9 cm³/mol. The SMILES string of the molecule is N#Cc1cc(Cl)ccc1NCc1ccc(S(=O)(=O)N2CCCC2)cc1. The molecule has 0 atom stereocenters. The van der Waals surface area contributed by atoms with Gasteiger partial charge >= 0.3 is 0 Å². The maximum absolute atomic E-state index is 12.5. The van der Waals surface area contributed by atoms with Crippen LogP contribution in [0.4, 0.5) is 5.69 Å². The van der Waals surface area contributed by atoms with E-state index in [1.165, 1.54) is 4.31 Å². The summed E-state index contributed by atoms with van der Waals surface area (Å²) in [6.07, 6.45) is 1.84. The van der Waals surface area contributed by atoms with Gasteiger partial charge in [0.2, 0.25) is 10.0 Å². The molecule has 2 aromatic carbocycles. The minimum atomic E-state index is -3.38. The largest absolute Gasteiger partial charge is 0.380 e. The van der Waals surface area contributed by atoms with Gasteiger partial charge in [0, 0.05) is 24.7 Å². The van der Waals surface area contributed by atoms with Crippen LogP contribution in [-0.4, -0.2) is 25.8 Å². The van der Waals surface area contributed by atoms with Crippen LogP contribution < -0.4 is 5.32 Å². The first-order valence-electron chi connectivity index (χ1n) is 8.03. The van der Waals surface area contributed by atoms with Gasteiger partial charge < -0.3 is 5.32 Å². The van der Waals surface area contributed by atoms with Crippen LogP contribution >= 0.6 is 11.6 Å². The van der Waals surface area contributed by atoms with Crippen LogP contribution in [0.25, 0.3) is 0 Å². The molecule has 0 saturated carbocycles. The topological polar surface area (TPSA) is 73.2 Å². The number of sulfonamides is 1. The van der Waals surface area contributed by atoms with E-state index in [1.54, 1.807) is 42.5 Å². The van der Waals surface area contributed by atoms with Crippen LogP contribution in [0.1, 0.15) is 24.0 Å². The Morgan fingerprint density at radius 3 is 2.44 bits per heavy atom. The molecular formula is C18H18ClN3O2S. The van der Waals surface area contributed by atoms with E-state index in [2.05, 4.69) is 11.4 Å². The number of nitrogens with zero attached hydrogens (tertiary/aromatic N) is 2. The van der Waals surface area contributed by atoms with Crippen LogP contribution in [-0.2, 0) is 16.6 Å². The number of anilines is 1. The average molecular weight is 376 g/mol. The van der Waals surface area contributed by atoms with E-state index in [9.17, 15) is 8.42 Å². The van der Waals surface area contributed by atoms with Gasteiger partial charge in [-0.3, -0.25) is 0 Å². The minimum absolute atomic E-state index is 0.322. The number of benzene rings is 2. The number of nitriles is 1. The average Bonchev–Trinajstić information content (AvgIpc) is 3.16. The van der Waals surface area contributed by atoms with Crippen LogP contribution in [0.15, 0.2) is 47.4 Å². The molecule has 1 N–H and O–H groups in total. The summed E-state index contributed by atoms with van der Waals surface area (Å²) >= 11 is 5.89. The summed E-state index contributed by atoms with van der Waals surface area (Å²) in [5, 5.41) is 12.8. The van der Waals surface area contributed by atoms with Gasteiger partial charge in [-0.2, -0.15) is 9.57 Å². The van der Waals surface area contributed by atoms with Crippen molar-refractivity contribution in [2.45, 2.75) is 24.3 Å². The molecule has 0 spiro atoms. The number of rotatable bonds is 5. The summed E-state index contributed by atoms with van der Waals surface area (Å²) in [6.45, 7) is 1.68. The summed E-state index contributed by atoms with van der Waals surface area (Å²) in [5.74, 6) is 0. The Balaban J connectivity index is 1.70. The lowest BCUT2D eigenvalue weighted by molar-refractivity contribution is 0.477. The van der Waals surface area contributed by atoms with E-state index in [0.29, 0.717) is 40.8 Å². The van der Waals surface area contributed by atoms with Gasteiger partial charge in [-0.05, 0) is 48.7 Å². The molecule has 7 heteroatoms. The molecule has 0 aliphatic carbocycles. The molecule has 1 saturated heterocycles. The molecule has 0 aromatic heterocycles. The van der Waals surface area contributed by atoms with E-state index in [4.69, 9.17) is 16.9 Å². The highest BCUT2D eigenvalue weighted by Gasteiger charge is 2.26. The molecule has 0 amide bonds. The van der Waals surface area contributed by atoms with Gasteiger partial charge in [0.15, 0.2) is 0 Å². The van der Waals surface area contributed by atoms with Gasteiger partial charge in [-0.1, -0.05) is 23.7 Å². The van der Waals surface area contributed by atoms with Gasteiger partial charge in [-0.25, -0.2) is 8.42 Å². The molecule has 0 radical (unpaired) electrons. The molecule has 0 unspecified atom stereocenters. The highest BCUT2D eigenvalue weighted by molar-refractivity contribution is 7.89. The van der Waals surface area contributed by atoms with Crippen molar-refractivity contribution in [2.24, 2.45) is 0 Å². The highest BCUT2D eigenvalue weighted by Crippen LogP contribution is 2.23. The van der Waals surface area contributed by atoms with Crippen molar-refractivity contribution in [2.75, 3.05) is 18.4 Å². The Bertz CT molecular complexity index is 899. The second-order valence-electron chi connectivity index (χ2n) is 5.91. The molecule has 1 aliphatic rings. The van der Waals surface area contributed by atoms with Crippen molar-refractivity contribution in [1.29, 1.82) is 5.26 Å². The third-order valence-electron chi connectivity index (χ3n) is 4.21. The third-order valence-corrected chi connectivity index (χ3v) is 6.36. The fourth-order valence-corrected chi connectivity index (χ4v) is 4.51. The summed E-state index contributed by atoms with van der Waals surface area (Å²) in [5.41, 5.74) is 2.10. The van der Waals surface area contributed by atoms with Crippen LogP contribution in [0.2, 0.25) is 5.02 Å². The normalized spacial score (nSPS) is 15.0. The molecule has 130 valence electrons. The molecule has 1 aliphatic heterocycles. The molecule has 25 heavy (non-hydrogen) atoms. The highest BCUT2D eigenvalue weighted by atomic mass is 35.5. The Morgan fingerprint density at radius 1 is 1.12 bits per heavy atom. The van der Waals surface area contributed by atoms with Crippen LogP contribution in [0, 0.1) is 11.3 Å². The summed E-state index contributed by atoms with van der Waals surface area (Å²) in [4.78, 5) is 0.322. The zero-order valence-electron chi connectivity index (χ0n) is 13.6. The fraction of sp³-hybridized carbons (Fsp3) is 0.278. The van der Waals surface area contributed by atoms with Crippen LogP contribution in [0.5, 0.6) is 0 Å². The zero-order chi connectivity index (χ0) is 17.9. The standard InChI is InChI=1S/C18H18ClN3O2S/c19-16-5-8-18(15(11-16)12-20)21-13-14-3-6-17(7-4-14)25(23,24)22-9-1-2-10-22/h3-8,11,21H,1-2,9-10,13H2. The van der Waals surface area contributed by atoms with Crippen molar-refractivity contribution < 1.29 is 8.42 Å². The first kappa shape index (κ1) is 17.7. The van der Waals surface area contributed by atoms with Crippen molar-refractivity contribution in [3.05, 3.63) is 58.6 Å². The van der Waals surface area contributed by atoms with Gasteiger partial charge in [0.05, 0.1) is 16.1 Å². The van der Waals surface area contributed by atoms with Crippen molar-refractivity contribution in [1.82, 2.24) is 4.31 Å². The minimum Gasteiger partial charge on any atom is -0.380 e. The smallest absolute Gasteiger partial charge is 0.243 e. The molecule has 2 aromatic rings. The lowest BCUT2D eigenvalue weighted by atomic mass is 10.1. The maximum atomic E-state index is 12.5. The van der Waals surface area contributed by atoms with E-state index < -0.39 is 10.0 Å². The van der Waals surface area contributed by atoms with Crippen molar-refractivity contribution in [3.63, 3.8) is 0 Å². The predicted octanol–water partition coefficient (Wildman–Crippen LogP) is 3.61. The third kappa shape index (κ3) is 3.96. The zero-order valence-corrected chi connectivity index (χ0v) is 15.1. The lowest BCUT2D eigenvalue weighted by Gasteiger charge is -2.15. The monoisotopic (exact) mass is 375 g/mol. The van der Waals surface area contributed by atoms with Gasteiger partial charge in [0.25, 0.3) is 0 Å². The van der Waals surface area contributed by atoms with Gasteiger partial charge in [0.1, 0.15) is 6.07 Å². The Kier molecular flexibility index (Phi) is 5.28. The lowest BCUT2D eigenvalue weighted by Crippen LogP contribution is -2.27. The molecule has 0 bridgehead atoms. The number of nitrogens with one attached hydrogen (secondary N) is 1. The maximum Gasteiger partial charge on any atom is 0.243 e. The van der Waals surface area contributed by atoms with E-state index in [0.717, 1.165) is 18.4 Å². The Hall–Kier alpha value is -2.07. The first-order chi connectivity index (χ1) is 12.0. The molecule has 1 heterocycles.